The fraction of sp³-hybridized carbons (Fsp3) is 0.357. The topological polar surface area (TPSA) is 47.6 Å². The molecule has 0 aliphatic carbocycles. The molecule has 0 radical (unpaired) electrons. The van der Waals surface area contributed by atoms with Gasteiger partial charge in [-0.25, -0.2) is 0 Å². The number of ether oxygens (including phenoxy) is 2. The Morgan fingerprint density at radius 1 is 1.42 bits per heavy atom. The number of nitrogens with one attached hydrogen (secondary N) is 1. The Morgan fingerprint density at radius 2 is 2.21 bits per heavy atom. The van der Waals surface area contributed by atoms with Gasteiger partial charge in [0, 0.05) is 12.6 Å². The van der Waals surface area contributed by atoms with E-state index in [1.165, 1.54) is 6.08 Å². The summed E-state index contributed by atoms with van der Waals surface area (Å²) in [4.78, 5) is 11.5. The van der Waals surface area contributed by atoms with Gasteiger partial charge < -0.3 is 14.8 Å². The number of hydrogen-bond donors (Lipinski definition) is 1. The monoisotopic (exact) mass is 281 g/mol. The smallest absolute Gasteiger partial charge is 0.243 e. The van der Waals surface area contributed by atoms with Crippen molar-refractivity contribution < 1.29 is 14.3 Å². The summed E-state index contributed by atoms with van der Waals surface area (Å²) in [5.74, 6) is 1.07. The highest BCUT2D eigenvalue weighted by atomic mass is 35.5. The fourth-order valence-corrected chi connectivity index (χ4v) is 1.98. The summed E-state index contributed by atoms with van der Waals surface area (Å²) >= 11 is 6.11. The van der Waals surface area contributed by atoms with Gasteiger partial charge in [0.05, 0.1) is 5.02 Å². The van der Waals surface area contributed by atoms with Crippen molar-refractivity contribution in [3.8, 4) is 11.5 Å². The van der Waals surface area contributed by atoms with E-state index in [2.05, 4.69) is 5.32 Å². The molecule has 2 rings (SSSR count). The van der Waals surface area contributed by atoms with Crippen LogP contribution >= 0.6 is 11.6 Å². The summed E-state index contributed by atoms with van der Waals surface area (Å²) in [6.45, 7) is 3.68. The molecule has 0 saturated carbocycles. The van der Waals surface area contributed by atoms with Crippen LogP contribution in [0.15, 0.2) is 18.2 Å². The van der Waals surface area contributed by atoms with E-state index in [1.54, 1.807) is 12.1 Å². The average molecular weight is 282 g/mol. The number of amides is 1. The van der Waals surface area contributed by atoms with Crippen molar-refractivity contribution >= 4 is 23.6 Å². The van der Waals surface area contributed by atoms with E-state index < -0.39 is 0 Å². The van der Waals surface area contributed by atoms with Gasteiger partial charge >= 0.3 is 0 Å². The molecule has 4 nitrogen and oxygen atoms in total. The van der Waals surface area contributed by atoms with Crippen molar-refractivity contribution in [2.45, 2.75) is 13.3 Å². The fourth-order valence-electron chi connectivity index (χ4n) is 1.71. The first-order valence-electron chi connectivity index (χ1n) is 6.25. The van der Waals surface area contributed by atoms with Crippen molar-refractivity contribution in [3.63, 3.8) is 0 Å². The SMILES string of the molecule is CCCNC(=O)/C=C/c1cc(Cl)c2c(c1)OCCO2. The lowest BCUT2D eigenvalue weighted by Gasteiger charge is -2.19. The lowest BCUT2D eigenvalue weighted by atomic mass is 10.1. The molecule has 1 aliphatic heterocycles. The molecule has 1 heterocycles. The number of hydrogen-bond acceptors (Lipinski definition) is 3. The lowest BCUT2D eigenvalue weighted by molar-refractivity contribution is -0.116. The maximum absolute atomic E-state index is 11.5. The van der Waals surface area contributed by atoms with Crippen LogP contribution in [0.3, 0.4) is 0 Å². The zero-order valence-electron chi connectivity index (χ0n) is 10.7. The minimum Gasteiger partial charge on any atom is -0.486 e. The van der Waals surface area contributed by atoms with Gasteiger partial charge in [-0.05, 0) is 30.2 Å². The van der Waals surface area contributed by atoms with E-state index in [-0.39, 0.29) is 5.91 Å². The highest BCUT2D eigenvalue weighted by Gasteiger charge is 2.15. The maximum atomic E-state index is 11.5. The average Bonchev–Trinajstić information content (AvgIpc) is 2.43. The molecule has 1 aromatic rings. The van der Waals surface area contributed by atoms with Gasteiger partial charge in [-0.1, -0.05) is 18.5 Å². The summed E-state index contributed by atoms with van der Waals surface area (Å²) in [7, 11) is 0. The second-order valence-electron chi connectivity index (χ2n) is 4.15. The Hall–Kier alpha value is -1.68. The molecule has 1 aromatic carbocycles. The summed E-state index contributed by atoms with van der Waals surface area (Å²) in [5.41, 5.74) is 0.806. The molecule has 102 valence electrons. The second kappa shape index (κ2) is 6.48. The van der Waals surface area contributed by atoms with E-state index in [4.69, 9.17) is 21.1 Å². The van der Waals surface area contributed by atoms with Crippen molar-refractivity contribution in [2.75, 3.05) is 19.8 Å². The van der Waals surface area contributed by atoms with Crippen LogP contribution in [0.1, 0.15) is 18.9 Å². The van der Waals surface area contributed by atoms with Crippen LogP contribution in [0, 0.1) is 0 Å². The Kier molecular flexibility index (Phi) is 4.68. The quantitative estimate of drug-likeness (QED) is 0.863. The standard InChI is InChI=1S/C14H16ClNO3/c1-2-5-16-13(17)4-3-10-8-11(15)14-12(9-10)18-6-7-19-14/h3-4,8-9H,2,5-7H2,1H3,(H,16,17)/b4-3+. The largest absolute Gasteiger partial charge is 0.486 e. The molecule has 1 N–H and O–H groups in total. The van der Waals surface area contributed by atoms with Gasteiger partial charge in [0.2, 0.25) is 5.91 Å². The van der Waals surface area contributed by atoms with E-state index in [0.717, 1.165) is 12.0 Å². The summed E-state index contributed by atoms with van der Waals surface area (Å²) in [6.07, 6.45) is 4.10. The minimum absolute atomic E-state index is 0.118. The van der Waals surface area contributed by atoms with Gasteiger partial charge in [-0.3, -0.25) is 4.79 Å². The van der Waals surface area contributed by atoms with E-state index >= 15 is 0 Å². The third-order valence-electron chi connectivity index (χ3n) is 2.60. The zero-order chi connectivity index (χ0) is 13.7. The predicted molar refractivity (Wildman–Crippen MR) is 74.8 cm³/mol. The van der Waals surface area contributed by atoms with Crippen LogP contribution in [-0.4, -0.2) is 25.7 Å². The number of carbonyl (C=O) groups excluding carboxylic acids is 1. The highest BCUT2D eigenvalue weighted by molar-refractivity contribution is 6.32. The lowest BCUT2D eigenvalue weighted by Crippen LogP contribution is -2.21. The first kappa shape index (κ1) is 13.7. The number of carbonyl (C=O) groups is 1. The Balaban J connectivity index is 2.11. The van der Waals surface area contributed by atoms with Gasteiger partial charge in [0.1, 0.15) is 13.2 Å². The minimum atomic E-state index is -0.118. The zero-order valence-corrected chi connectivity index (χ0v) is 11.5. The van der Waals surface area contributed by atoms with Crippen molar-refractivity contribution in [3.05, 3.63) is 28.8 Å². The molecule has 1 aliphatic rings. The highest BCUT2D eigenvalue weighted by Crippen LogP contribution is 2.38. The van der Waals surface area contributed by atoms with E-state index in [1.807, 2.05) is 13.0 Å². The van der Waals surface area contributed by atoms with Crippen LogP contribution in [0.4, 0.5) is 0 Å². The molecule has 0 atom stereocenters. The van der Waals surface area contributed by atoms with E-state index in [9.17, 15) is 4.79 Å². The van der Waals surface area contributed by atoms with Gasteiger partial charge in [-0.2, -0.15) is 0 Å². The predicted octanol–water partition coefficient (Wildman–Crippen LogP) is 2.65. The number of halogens is 1. The van der Waals surface area contributed by atoms with Crippen LogP contribution in [-0.2, 0) is 4.79 Å². The summed E-state index contributed by atoms with van der Waals surface area (Å²) < 4.78 is 10.9. The molecular formula is C14H16ClNO3. The Labute approximate surface area is 117 Å². The maximum Gasteiger partial charge on any atom is 0.243 e. The number of benzene rings is 1. The molecule has 0 bridgehead atoms. The van der Waals surface area contributed by atoms with Crippen LogP contribution in [0.2, 0.25) is 5.02 Å². The Bertz CT molecular complexity index is 500. The second-order valence-corrected chi connectivity index (χ2v) is 4.56. The van der Waals surface area contributed by atoms with Crippen molar-refractivity contribution in [2.24, 2.45) is 0 Å². The Morgan fingerprint density at radius 3 is 3.00 bits per heavy atom. The summed E-state index contributed by atoms with van der Waals surface area (Å²) in [6, 6.07) is 3.56. The first-order chi connectivity index (χ1) is 9.20. The third-order valence-corrected chi connectivity index (χ3v) is 2.88. The van der Waals surface area contributed by atoms with Gasteiger partial charge in [0.15, 0.2) is 11.5 Å². The molecule has 0 saturated heterocycles. The molecule has 5 heteroatoms. The van der Waals surface area contributed by atoms with Gasteiger partial charge in [0.25, 0.3) is 0 Å². The molecule has 1 amide bonds. The first-order valence-corrected chi connectivity index (χ1v) is 6.63. The molecular weight excluding hydrogens is 266 g/mol. The number of rotatable bonds is 4. The molecule has 0 fully saturated rings. The number of fused-ring (bicyclic) bond motifs is 1. The van der Waals surface area contributed by atoms with E-state index in [0.29, 0.717) is 36.3 Å². The third kappa shape index (κ3) is 3.64. The summed E-state index contributed by atoms with van der Waals surface area (Å²) in [5, 5.41) is 3.26. The normalized spacial score (nSPS) is 13.6. The van der Waals surface area contributed by atoms with Crippen LogP contribution < -0.4 is 14.8 Å². The molecule has 0 aromatic heterocycles. The molecule has 19 heavy (non-hydrogen) atoms. The van der Waals surface area contributed by atoms with Gasteiger partial charge in [-0.15, -0.1) is 0 Å². The van der Waals surface area contributed by atoms with Crippen LogP contribution in [0.5, 0.6) is 11.5 Å². The van der Waals surface area contributed by atoms with Crippen molar-refractivity contribution in [1.82, 2.24) is 5.32 Å². The molecule has 0 unspecified atom stereocenters. The molecule has 0 spiro atoms. The van der Waals surface area contributed by atoms with Crippen LogP contribution in [0.25, 0.3) is 6.08 Å². The van der Waals surface area contributed by atoms with Crippen molar-refractivity contribution in [1.29, 1.82) is 0 Å².